The van der Waals surface area contributed by atoms with Crippen molar-refractivity contribution < 1.29 is 0 Å². The lowest BCUT2D eigenvalue weighted by molar-refractivity contribution is 0.346. The van der Waals surface area contributed by atoms with Gasteiger partial charge < -0.3 is 10.3 Å². The van der Waals surface area contributed by atoms with Crippen LogP contribution in [0.5, 0.6) is 0 Å². The Kier molecular flexibility index (Phi) is 3.22. The van der Waals surface area contributed by atoms with Crippen LogP contribution in [-0.2, 0) is 12.8 Å². The smallest absolute Gasteiger partial charge is 0.127 e. The lowest BCUT2D eigenvalue weighted by atomic mass is 9.95. The summed E-state index contributed by atoms with van der Waals surface area (Å²) in [6, 6.07) is 0.515. The normalized spacial score (nSPS) is 24.4. The molecule has 1 aromatic rings. The number of nitrogen functional groups attached to an aromatic ring is 1. The first-order chi connectivity index (χ1) is 7.63. The fourth-order valence-electron chi connectivity index (χ4n) is 2.79. The molecule has 0 spiro atoms. The van der Waals surface area contributed by atoms with Gasteiger partial charge in [0.2, 0.25) is 0 Å². The summed E-state index contributed by atoms with van der Waals surface area (Å²) in [6.45, 7) is 6.76. The van der Waals surface area contributed by atoms with E-state index in [0.717, 1.165) is 30.3 Å². The van der Waals surface area contributed by atoms with Crippen molar-refractivity contribution in [3.63, 3.8) is 0 Å². The predicted octanol–water partition coefficient (Wildman–Crippen LogP) is 2.95. The maximum absolute atomic E-state index is 6.20. The van der Waals surface area contributed by atoms with Crippen LogP contribution in [0.2, 0.25) is 0 Å². The zero-order chi connectivity index (χ0) is 11.7. The van der Waals surface area contributed by atoms with Crippen LogP contribution in [0, 0.1) is 5.92 Å². The van der Waals surface area contributed by atoms with E-state index in [1.165, 1.54) is 25.1 Å². The molecule has 2 atom stereocenters. The number of nitrogens with zero attached hydrogens (tertiary/aromatic N) is 2. The summed E-state index contributed by atoms with van der Waals surface area (Å²) in [5.41, 5.74) is 7.32. The summed E-state index contributed by atoms with van der Waals surface area (Å²) in [6.07, 6.45) is 5.73. The van der Waals surface area contributed by atoms with Crippen molar-refractivity contribution in [3.05, 3.63) is 11.5 Å². The van der Waals surface area contributed by atoms with Gasteiger partial charge in [-0.15, -0.1) is 0 Å². The van der Waals surface area contributed by atoms with E-state index in [2.05, 4.69) is 25.3 Å². The van der Waals surface area contributed by atoms with E-state index in [-0.39, 0.29) is 0 Å². The number of unbranched alkanes of at least 4 members (excludes halogenated alkanes) is 1. The second-order valence-corrected chi connectivity index (χ2v) is 5.23. The molecule has 1 aromatic heterocycles. The quantitative estimate of drug-likeness (QED) is 0.852. The molecule has 0 aliphatic carbocycles. The molecule has 1 aliphatic heterocycles. The SMILES string of the molecule is CCCCc1nc2n(c1N)C(C)CC(C)C2. The van der Waals surface area contributed by atoms with E-state index in [0.29, 0.717) is 6.04 Å². The van der Waals surface area contributed by atoms with Gasteiger partial charge in [0.05, 0.1) is 5.69 Å². The Bertz CT molecular complexity index is 367. The monoisotopic (exact) mass is 221 g/mol. The Balaban J connectivity index is 2.28. The molecule has 16 heavy (non-hydrogen) atoms. The van der Waals surface area contributed by atoms with E-state index in [4.69, 9.17) is 10.7 Å². The third-order valence-corrected chi connectivity index (χ3v) is 3.58. The van der Waals surface area contributed by atoms with Gasteiger partial charge in [-0.1, -0.05) is 20.3 Å². The third kappa shape index (κ3) is 1.95. The molecule has 0 aromatic carbocycles. The summed E-state index contributed by atoms with van der Waals surface area (Å²) in [5, 5.41) is 0. The number of rotatable bonds is 3. The van der Waals surface area contributed by atoms with Gasteiger partial charge in [0.1, 0.15) is 11.6 Å². The van der Waals surface area contributed by atoms with Crippen LogP contribution in [-0.4, -0.2) is 9.55 Å². The topological polar surface area (TPSA) is 43.8 Å². The first kappa shape index (κ1) is 11.5. The van der Waals surface area contributed by atoms with Crippen molar-refractivity contribution >= 4 is 5.82 Å². The van der Waals surface area contributed by atoms with Gasteiger partial charge in [-0.3, -0.25) is 0 Å². The van der Waals surface area contributed by atoms with E-state index in [1.807, 2.05) is 0 Å². The largest absolute Gasteiger partial charge is 0.384 e. The zero-order valence-electron chi connectivity index (χ0n) is 10.7. The van der Waals surface area contributed by atoms with Crippen LogP contribution >= 0.6 is 0 Å². The zero-order valence-corrected chi connectivity index (χ0v) is 10.7. The Morgan fingerprint density at radius 1 is 1.44 bits per heavy atom. The Morgan fingerprint density at radius 3 is 2.88 bits per heavy atom. The summed E-state index contributed by atoms with van der Waals surface area (Å²) >= 11 is 0. The molecule has 0 fully saturated rings. The number of aromatic nitrogens is 2. The van der Waals surface area contributed by atoms with Crippen molar-refractivity contribution in [2.24, 2.45) is 5.92 Å². The van der Waals surface area contributed by atoms with Crippen LogP contribution in [0.1, 0.15) is 57.6 Å². The van der Waals surface area contributed by atoms with Gasteiger partial charge in [0, 0.05) is 12.5 Å². The Morgan fingerprint density at radius 2 is 2.19 bits per heavy atom. The molecular formula is C13H23N3. The van der Waals surface area contributed by atoms with Crippen molar-refractivity contribution in [1.82, 2.24) is 9.55 Å². The Hall–Kier alpha value is -0.990. The van der Waals surface area contributed by atoms with E-state index in [1.54, 1.807) is 0 Å². The van der Waals surface area contributed by atoms with Crippen LogP contribution in [0.4, 0.5) is 5.82 Å². The maximum atomic E-state index is 6.20. The summed E-state index contributed by atoms with van der Waals surface area (Å²) in [7, 11) is 0. The van der Waals surface area contributed by atoms with E-state index in [9.17, 15) is 0 Å². The molecule has 90 valence electrons. The number of anilines is 1. The molecule has 3 heteroatoms. The van der Waals surface area contributed by atoms with Gasteiger partial charge in [-0.2, -0.15) is 0 Å². The molecule has 0 saturated heterocycles. The first-order valence-corrected chi connectivity index (χ1v) is 6.48. The fraction of sp³-hybridized carbons (Fsp3) is 0.769. The van der Waals surface area contributed by atoms with E-state index < -0.39 is 0 Å². The minimum absolute atomic E-state index is 0.515. The molecule has 0 radical (unpaired) electrons. The van der Waals surface area contributed by atoms with Gasteiger partial charge in [0.15, 0.2) is 0 Å². The van der Waals surface area contributed by atoms with Gasteiger partial charge >= 0.3 is 0 Å². The second kappa shape index (κ2) is 4.48. The third-order valence-electron chi connectivity index (χ3n) is 3.58. The molecule has 2 N–H and O–H groups in total. The fourth-order valence-corrected chi connectivity index (χ4v) is 2.79. The minimum atomic E-state index is 0.515. The lowest BCUT2D eigenvalue weighted by Gasteiger charge is -2.27. The van der Waals surface area contributed by atoms with Crippen LogP contribution in [0.15, 0.2) is 0 Å². The standard InChI is InChI=1S/C13H23N3/c1-4-5-6-11-13(14)16-10(3)7-9(2)8-12(16)15-11/h9-10H,4-8,14H2,1-3H3. The molecular weight excluding hydrogens is 198 g/mol. The highest BCUT2D eigenvalue weighted by Gasteiger charge is 2.25. The van der Waals surface area contributed by atoms with Crippen LogP contribution in [0.3, 0.4) is 0 Å². The highest BCUT2D eigenvalue weighted by atomic mass is 15.2. The number of aryl methyl sites for hydroxylation is 1. The average Bonchev–Trinajstić information content (AvgIpc) is 2.52. The minimum Gasteiger partial charge on any atom is -0.384 e. The van der Waals surface area contributed by atoms with Gasteiger partial charge in [0.25, 0.3) is 0 Å². The molecule has 1 aliphatic rings. The van der Waals surface area contributed by atoms with Crippen LogP contribution in [0.25, 0.3) is 0 Å². The molecule has 0 saturated carbocycles. The number of fused-ring (bicyclic) bond motifs is 1. The molecule has 2 rings (SSSR count). The first-order valence-electron chi connectivity index (χ1n) is 6.48. The van der Waals surface area contributed by atoms with Crippen molar-refractivity contribution in [2.75, 3.05) is 5.73 Å². The number of nitrogens with two attached hydrogens (primary N) is 1. The Labute approximate surface area is 98.1 Å². The van der Waals surface area contributed by atoms with Gasteiger partial charge in [-0.05, 0) is 32.1 Å². The summed E-state index contributed by atoms with van der Waals surface area (Å²) < 4.78 is 2.25. The number of hydrogen-bond acceptors (Lipinski definition) is 2. The van der Waals surface area contributed by atoms with Crippen molar-refractivity contribution in [1.29, 1.82) is 0 Å². The van der Waals surface area contributed by atoms with Crippen molar-refractivity contribution in [2.45, 2.75) is 58.9 Å². The average molecular weight is 221 g/mol. The molecule has 3 nitrogen and oxygen atoms in total. The van der Waals surface area contributed by atoms with Gasteiger partial charge in [-0.25, -0.2) is 4.98 Å². The lowest BCUT2D eigenvalue weighted by Crippen LogP contribution is -2.22. The van der Waals surface area contributed by atoms with Crippen molar-refractivity contribution in [3.8, 4) is 0 Å². The number of imidazole rings is 1. The predicted molar refractivity (Wildman–Crippen MR) is 67.4 cm³/mol. The highest BCUT2D eigenvalue weighted by Crippen LogP contribution is 2.32. The second-order valence-electron chi connectivity index (χ2n) is 5.23. The summed E-state index contributed by atoms with van der Waals surface area (Å²) in [5.74, 6) is 2.86. The molecule has 2 heterocycles. The maximum Gasteiger partial charge on any atom is 0.127 e. The molecule has 0 amide bonds. The highest BCUT2D eigenvalue weighted by molar-refractivity contribution is 5.39. The summed E-state index contributed by atoms with van der Waals surface area (Å²) in [4.78, 5) is 4.73. The van der Waals surface area contributed by atoms with E-state index >= 15 is 0 Å². The van der Waals surface area contributed by atoms with Crippen LogP contribution < -0.4 is 5.73 Å². The number of hydrogen-bond donors (Lipinski definition) is 1. The molecule has 0 bridgehead atoms. The molecule has 2 unspecified atom stereocenters.